The van der Waals surface area contributed by atoms with Gasteiger partial charge in [0.15, 0.2) is 0 Å². The monoisotopic (exact) mass is 643 g/mol. The van der Waals surface area contributed by atoms with E-state index in [1.54, 1.807) is 0 Å². The Hall–Kier alpha value is -6.00. The molecule has 2 aromatic heterocycles. The largest absolute Gasteiger partial charge is 0.487 e. The molecule has 238 valence electrons. The second-order valence-corrected chi connectivity index (χ2v) is 14.3. The smallest absolute Gasteiger partial charge is 0.148 e. The first-order valence-corrected chi connectivity index (χ1v) is 17.9. The lowest BCUT2D eigenvalue weighted by molar-refractivity contribution is 0.202. The molecule has 3 aliphatic rings. The number of hydrogen-bond donors (Lipinski definition) is 0. The maximum absolute atomic E-state index is 7.07. The van der Waals surface area contributed by atoms with Gasteiger partial charge in [-0.2, -0.15) is 0 Å². The number of rotatable bonds is 3. The third kappa shape index (κ3) is 3.36. The van der Waals surface area contributed by atoms with Crippen molar-refractivity contribution in [2.75, 3.05) is 0 Å². The fourth-order valence-electron chi connectivity index (χ4n) is 9.74. The van der Waals surface area contributed by atoms with Crippen molar-refractivity contribution in [3.8, 4) is 11.4 Å². The summed E-state index contributed by atoms with van der Waals surface area (Å²) in [5.74, 6) is 1.33. The van der Waals surface area contributed by atoms with Gasteiger partial charge in [-0.15, -0.1) is 0 Å². The van der Waals surface area contributed by atoms with Gasteiger partial charge in [0, 0.05) is 27.9 Å². The normalized spacial score (nSPS) is 20.7. The first kappa shape index (κ1) is 26.9. The van der Waals surface area contributed by atoms with Crippen molar-refractivity contribution in [2.24, 2.45) is 0 Å². The topological polar surface area (TPSA) is 24.0 Å². The summed E-state index contributed by atoms with van der Waals surface area (Å²) in [6.45, 7) is 0. The van der Waals surface area contributed by atoms with E-state index in [4.69, 9.17) is 4.74 Å². The molecule has 0 saturated carbocycles. The van der Waals surface area contributed by atoms with Gasteiger partial charge in [-0.3, -0.25) is 9.36 Å². The van der Waals surface area contributed by atoms with E-state index in [1.807, 2.05) is 0 Å². The van der Waals surface area contributed by atoms with Crippen LogP contribution in [0.25, 0.3) is 60.1 Å². The van der Waals surface area contributed by atoms with Crippen LogP contribution in [0.3, 0.4) is 0 Å². The molecule has 0 spiro atoms. The number of fused-ring (bicyclic) bond motifs is 16. The standard InChI is InChI=1S/C46H33N3O/c1-2-13-29(14-3-1)43-44(49-37-20-10-9-19-36(37)48(43)49)30-22-25-31(26-23-30)47-38-27-24-28-12-4-5-15-32(28)41(38)42-34-17-7-6-16-33(34)40-35-18-8-11-21-39(35)50-46(40)45(42)47/h1-10,12-20,22-27,35,39,43-44H,11,21H2. The minimum absolute atomic E-state index is 0.172. The number of para-hydroxylation sites is 2. The molecule has 4 atom stereocenters. The van der Waals surface area contributed by atoms with Crippen LogP contribution in [0.2, 0.25) is 0 Å². The lowest BCUT2D eigenvalue weighted by atomic mass is 9.85. The van der Waals surface area contributed by atoms with E-state index in [0.29, 0.717) is 0 Å². The van der Waals surface area contributed by atoms with E-state index in [2.05, 4.69) is 166 Å². The predicted octanol–water partition coefficient (Wildman–Crippen LogP) is 11.2. The molecule has 4 unspecified atom stereocenters. The van der Waals surface area contributed by atoms with Gasteiger partial charge in [0.25, 0.3) is 0 Å². The summed E-state index contributed by atoms with van der Waals surface area (Å²) in [5.41, 5.74) is 10.2. The Morgan fingerprint density at radius 1 is 0.540 bits per heavy atom. The summed E-state index contributed by atoms with van der Waals surface area (Å²) in [4.78, 5) is 0. The quantitative estimate of drug-likeness (QED) is 0.176. The van der Waals surface area contributed by atoms with E-state index in [-0.39, 0.29) is 24.1 Å². The average molecular weight is 644 g/mol. The third-order valence-corrected chi connectivity index (χ3v) is 11.8. The van der Waals surface area contributed by atoms with E-state index in [0.717, 1.165) is 24.3 Å². The number of hydrogen-bond acceptors (Lipinski definition) is 1. The highest BCUT2D eigenvalue weighted by Gasteiger charge is 2.43. The Morgan fingerprint density at radius 3 is 1.98 bits per heavy atom. The first-order valence-electron chi connectivity index (χ1n) is 17.9. The van der Waals surface area contributed by atoms with E-state index >= 15 is 0 Å². The predicted molar refractivity (Wildman–Crippen MR) is 204 cm³/mol. The van der Waals surface area contributed by atoms with E-state index in [1.165, 1.54) is 71.1 Å². The Labute approximate surface area is 289 Å². The molecule has 0 N–H and O–H groups in total. The molecule has 0 saturated heterocycles. The molecule has 0 radical (unpaired) electrons. The van der Waals surface area contributed by atoms with Crippen molar-refractivity contribution in [3.63, 3.8) is 0 Å². The van der Waals surface area contributed by atoms with Crippen LogP contribution in [0.15, 0.2) is 152 Å². The Kier molecular flexibility index (Phi) is 5.27. The van der Waals surface area contributed by atoms with Crippen LogP contribution < -0.4 is 4.74 Å². The van der Waals surface area contributed by atoms with Crippen LogP contribution >= 0.6 is 0 Å². The number of allylic oxidation sites excluding steroid dienone is 1. The summed E-state index contributed by atoms with van der Waals surface area (Å²) in [6.07, 6.45) is 7.03. The van der Waals surface area contributed by atoms with Crippen molar-refractivity contribution in [1.29, 1.82) is 0 Å². The van der Waals surface area contributed by atoms with Crippen molar-refractivity contribution in [1.82, 2.24) is 13.9 Å². The molecular formula is C46H33N3O. The minimum Gasteiger partial charge on any atom is -0.487 e. The van der Waals surface area contributed by atoms with Crippen molar-refractivity contribution < 1.29 is 4.74 Å². The first-order chi connectivity index (χ1) is 24.8. The number of benzene rings is 7. The molecule has 9 aromatic rings. The summed E-state index contributed by atoms with van der Waals surface area (Å²) in [7, 11) is 0. The average Bonchev–Trinajstić information content (AvgIpc) is 3.73. The summed E-state index contributed by atoms with van der Waals surface area (Å²) in [6, 6.07) is 52.1. The van der Waals surface area contributed by atoms with Gasteiger partial charge in [0.1, 0.15) is 23.9 Å². The van der Waals surface area contributed by atoms with Gasteiger partial charge in [-0.05, 0) is 75.8 Å². The van der Waals surface area contributed by atoms with Crippen LogP contribution in [0.4, 0.5) is 0 Å². The fourth-order valence-corrected chi connectivity index (χ4v) is 9.74. The second kappa shape index (κ2) is 9.79. The Morgan fingerprint density at radius 2 is 1.20 bits per heavy atom. The zero-order chi connectivity index (χ0) is 32.5. The van der Waals surface area contributed by atoms with Gasteiger partial charge < -0.3 is 9.30 Å². The highest BCUT2D eigenvalue weighted by atomic mass is 16.5. The molecule has 4 heterocycles. The highest BCUT2D eigenvalue weighted by Crippen LogP contribution is 2.54. The van der Waals surface area contributed by atoms with Crippen LogP contribution in [0.1, 0.15) is 47.5 Å². The lowest BCUT2D eigenvalue weighted by Gasteiger charge is -2.50. The summed E-state index contributed by atoms with van der Waals surface area (Å²) < 4.78 is 14.5. The molecule has 1 aliphatic carbocycles. The molecular weight excluding hydrogens is 611 g/mol. The molecule has 0 fully saturated rings. The fraction of sp³-hybridized carbons (Fsp3) is 0.130. The van der Waals surface area contributed by atoms with Crippen LogP contribution in [-0.4, -0.2) is 20.0 Å². The van der Waals surface area contributed by atoms with Gasteiger partial charge in [-0.25, -0.2) is 0 Å². The highest BCUT2D eigenvalue weighted by molar-refractivity contribution is 6.30. The van der Waals surface area contributed by atoms with E-state index in [9.17, 15) is 0 Å². The number of aromatic nitrogens is 3. The van der Waals surface area contributed by atoms with Gasteiger partial charge in [0.2, 0.25) is 0 Å². The van der Waals surface area contributed by atoms with Gasteiger partial charge in [-0.1, -0.05) is 121 Å². The van der Waals surface area contributed by atoms with Gasteiger partial charge in [0.05, 0.1) is 22.1 Å². The zero-order valence-corrected chi connectivity index (χ0v) is 27.4. The van der Waals surface area contributed by atoms with Crippen LogP contribution in [0, 0.1) is 0 Å². The van der Waals surface area contributed by atoms with Crippen LogP contribution in [0.5, 0.6) is 5.75 Å². The Bertz CT molecular complexity index is 2870. The lowest BCUT2D eigenvalue weighted by Crippen LogP contribution is -2.46. The van der Waals surface area contributed by atoms with Crippen LogP contribution in [-0.2, 0) is 0 Å². The summed E-state index contributed by atoms with van der Waals surface area (Å²) in [5, 5.41) is 7.74. The third-order valence-electron chi connectivity index (χ3n) is 11.8. The zero-order valence-electron chi connectivity index (χ0n) is 27.4. The minimum atomic E-state index is 0.172. The number of ether oxygens (including phenoxy) is 1. The molecule has 12 rings (SSSR count). The maximum Gasteiger partial charge on any atom is 0.148 e. The van der Waals surface area contributed by atoms with Crippen molar-refractivity contribution in [2.45, 2.75) is 36.9 Å². The van der Waals surface area contributed by atoms with E-state index < -0.39 is 0 Å². The maximum atomic E-state index is 7.07. The summed E-state index contributed by atoms with van der Waals surface area (Å²) >= 11 is 0. The molecule has 50 heavy (non-hydrogen) atoms. The molecule has 0 amide bonds. The molecule has 4 nitrogen and oxygen atoms in total. The second-order valence-electron chi connectivity index (χ2n) is 14.3. The van der Waals surface area contributed by atoms with Crippen molar-refractivity contribution in [3.05, 3.63) is 168 Å². The Balaban J connectivity index is 1.11. The SMILES string of the molecule is C1=CC2c3c(c4c(c5ccccc35)c3c5ccccc5ccc3n4-c3ccc(C4C(c5ccccc5)n5c6ccccc6n54)cc3)OC2CC1. The van der Waals surface area contributed by atoms with Gasteiger partial charge >= 0.3 is 0 Å². The number of nitrogens with zero attached hydrogens (tertiary/aromatic N) is 3. The van der Waals surface area contributed by atoms with Crippen molar-refractivity contribution >= 4 is 54.4 Å². The molecule has 7 aromatic carbocycles. The molecule has 0 bridgehead atoms. The molecule has 4 heteroatoms. The molecule has 2 aliphatic heterocycles.